The molecule has 0 spiro atoms. The van der Waals surface area contributed by atoms with Gasteiger partial charge < -0.3 is 9.73 Å². The molecule has 5 heteroatoms. The molecule has 0 atom stereocenters. The molecule has 0 unspecified atom stereocenters. The zero-order valence-electron chi connectivity index (χ0n) is 9.62. The summed E-state index contributed by atoms with van der Waals surface area (Å²) in [6.07, 6.45) is 4.03. The lowest BCUT2D eigenvalue weighted by atomic mass is 10.1. The number of hydrogen-bond acceptors (Lipinski definition) is 3. The lowest BCUT2D eigenvalue weighted by molar-refractivity contribution is 0.569. The average molecular weight is 375 g/mol. The fourth-order valence-corrected chi connectivity index (χ4v) is 2.57. The monoisotopic (exact) mass is 374 g/mol. The van der Waals surface area contributed by atoms with Crippen molar-refractivity contribution in [2.24, 2.45) is 0 Å². The van der Waals surface area contributed by atoms with Crippen LogP contribution in [0.3, 0.4) is 0 Å². The molecule has 0 saturated heterocycles. The predicted octanol–water partition coefficient (Wildman–Crippen LogP) is 3.85. The number of hydrogen-bond donors (Lipinski definition) is 1. The third-order valence-electron chi connectivity index (χ3n) is 2.95. The van der Waals surface area contributed by atoms with Crippen molar-refractivity contribution in [1.82, 2.24) is 10.3 Å². The summed E-state index contributed by atoms with van der Waals surface area (Å²) in [7, 11) is 0. The number of halogens is 2. The van der Waals surface area contributed by atoms with Crippen LogP contribution in [0.1, 0.15) is 18.5 Å². The van der Waals surface area contributed by atoms with Crippen molar-refractivity contribution in [3.8, 4) is 11.3 Å². The molecule has 3 nitrogen and oxygen atoms in total. The molecule has 1 heterocycles. The van der Waals surface area contributed by atoms with Crippen LogP contribution in [0.25, 0.3) is 11.3 Å². The predicted molar refractivity (Wildman–Crippen MR) is 79.5 cm³/mol. The summed E-state index contributed by atoms with van der Waals surface area (Å²) >= 11 is 8.32. The summed E-state index contributed by atoms with van der Waals surface area (Å²) in [6.45, 7) is 0.749. The maximum absolute atomic E-state index is 6.04. The Hall–Kier alpha value is -0.590. The number of nitrogens with one attached hydrogen (secondary N) is 1. The fourth-order valence-electron chi connectivity index (χ4n) is 1.81. The summed E-state index contributed by atoms with van der Waals surface area (Å²) in [5.74, 6) is 0.815. The van der Waals surface area contributed by atoms with E-state index >= 15 is 0 Å². The van der Waals surface area contributed by atoms with E-state index < -0.39 is 0 Å². The van der Waals surface area contributed by atoms with Gasteiger partial charge >= 0.3 is 0 Å². The van der Waals surface area contributed by atoms with E-state index in [1.165, 1.54) is 19.2 Å². The van der Waals surface area contributed by atoms with E-state index in [9.17, 15) is 0 Å². The fraction of sp³-hybridized carbons (Fsp3) is 0.308. The highest BCUT2D eigenvalue weighted by Crippen LogP contribution is 2.31. The van der Waals surface area contributed by atoms with Crippen molar-refractivity contribution in [2.75, 3.05) is 0 Å². The molecule has 0 amide bonds. The summed E-state index contributed by atoms with van der Waals surface area (Å²) in [5.41, 5.74) is 1.95. The van der Waals surface area contributed by atoms with Crippen molar-refractivity contribution in [2.45, 2.75) is 25.4 Å². The van der Waals surface area contributed by atoms with Crippen molar-refractivity contribution < 1.29 is 4.42 Å². The number of benzene rings is 1. The topological polar surface area (TPSA) is 38.1 Å². The molecule has 1 fully saturated rings. The number of nitrogens with zero attached hydrogens (tertiary/aromatic N) is 1. The maximum atomic E-state index is 6.04. The third kappa shape index (κ3) is 2.70. The number of oxazole rings is 1. The van der Waals surface area contributed by atoms with Crippen molar-refractivity contribution >= 4 is 34.2 Å². The summed E-state index contributed by atoms with van der Waals surface area (Å²) in [4.78, 5) is 4.29. The van der Waals surface area contributed by atoms with E-state index in [1.54, 1.807) is 0 Å². The van der Waals surface area contributed by atoms with Crippen LogP contribution in [0.2, 0.25) is 5.02 Å². The maximum Gasteiger partial charge on any atom is 0.181 e. The Morgan fingerprint density at radius 2 is 2.28 bits per heavy atom. The number of rotatable bonds is 4. The molecule has 18 heavy (non-hydrogen) atoms. The van der Waals surface area contributed by atoms with E-state index in [4.69, 9.17) is 16.0 Å². The van der Waals surface area contributed by atoms with Gasteiger partial charge in [-0.15, -0.1) is 0 Å². The molecule has 1 aromatic carbocycles. The number of aromatic nitrogens is 1. The molecule has 3 rings (SSSR count). The van der Waals surface area contributed by atoms with Gasteiger partial charge in [-0.25, -0.2) is 4.98 Å². The summed E-state index contributed by atoms with van der Waals surface area (Å²) in [6, 6.07) is 6.45. The van der Waals surface area contributed by atoms with Crippen LogP contribution < -0.4 is 5.32 Å². The van der Waals surface area contributed by atoms with Crippen molar-refractivity contribution in [3.63, 3.8) is 0 Å². The quantitative estimate of drug-likeness (QED) is 0.826. The van der Waals surface area contributed by atoms with E-state index in [0.29, 0.717) is 11.1 Å². The minimum Gasteiger partial charge on any atom is -0.443 e. The normalized spacial score (nSPS) is 15.0. The minimum absolute atomic E-state index is 0.660. The van der Waals surface area contributed by atoms with Gasteiger partial charge in [0, 0.05) is 26.7 Å². The van der Waals surface area contributed by atoms with Crippen LogP contribution >= 0.6 is 34.2 Å². The first-order valence-corrected chi connectivity index (χ1v) is 7.31. The van der Waals surface area contributed by atoms with Crippen molar-refractivity contribution in [3.05, 3.63) is 38.9 Å². The van der Waals surface area contributed by atoms with Crippen LogP contribution in [-0.2, 0) is 6.54 Å². The van der Waals surface area contributed by atoms with Gasteiger partial charge in [-0.1, -0.05) is 11.6 Å². The van der Waals surface area contributed by atoms with Crippen LogP contribution in [0.5, 0.6) is 0 Å². The highest BCUT2D eigenvalue weighted by atomic mass is 127. The molecule has 0 aliphatic heterocycles. The van der Waals surface area contributed by atoms with Gasteiger partial charge in [0.25, 0.3) is 0 Å². The van der Waals surface area contributed by atoms with Gasteiger partial charge in [-0.3, -0.25) is 0 Å². The van der Waals surface area contributed by atoms with Crippen molar-refractivity contribution in [1.29, 1.82) is 0 Å². The van der Waals surface area contributed by atoms with Crippen LogP contribution in [-0.4, -0.2) is 11.0 Å². The van der Waals surface area contributed by atoms with Gasteiger partial charge in [0.1, 0.15) is 5.69 Å². The zero-order chi connectivity index (χ0) is 12.5. The smallest absolute Gasteiger partial charge is 0.181 e. The van der Waals surface area contributed by atoms with Gasteiger partial charge in [0.15, 0.2) is 12.2 Å². The summed E-state index contributed by atoms with van der Waals surface area (Å²) in [5, 5.41) is 4.16. The van der Waals surface area contributed by atoms with E-state index in [0.717, 1.165) is 27.1 Å². The Kier molecular flexibility index (Phi) is 3.59. The first-order valence-electron chi connectivity index (χ1n) is 5.85. The Bertz CT molecular complexity index is 566. The lowest BCUT2D eigenvalue weighted by Crippen LogP contribution is -2.16. The molecule has 1 aromatic heterocycles. The first-order chi connectivity index (χ1) is 8.74. The van der Waals surface area contributed by atoms with Crippen LogP contribution in [0.4, 0.5) is 0 Å². The molecule has 0 radical (unpaired) electrons. The Balaban J connectivity index is 1.90. The zero-order valence-corrected chi connectivity index (χ0v) is 12.5. The standard InChI is InChI=1S/C13H12ClIN2O/c14-8-1-4-11(15)10(5-8)13-12(17-7-18-13)6-16-9-2-3-9/h1,4-5,7,9,16H,2-3,6H2. The van der Waals surface area contributed by atoms with Crippen LogP contribution in [0.15, 0.2) is 29.0 Å². The Labute approximate surface area is 124 Å². The second kappa shape index (κ2) is 5.19. The third-order valence-corrected chi connectivity index (χ3v) is 4.13. The lowest BCUT2D eigenvalue weighted by Gasteiger charge is -2.05. The molecule has 1 aliphatic rings. The average Bonchev–Trinajstić information content (AvgIpc) is 3.08. The van der Waals surface area contributed by atoms with Gasteiger partial charge in [-0.05, 0) is 53.6 Å². The molecule has 2 aromatic rings. The highest BCUT2D eigenvalue weighted by Gasteiger charge is 2.22. The molecule has 1 saturated carbocycles. The second-order valence-electron chi connectivity index (χ2n) is 4.41. The second-order valence-corrected chi connectivity index (χ2v) is 6.01. The molecule has 94 valence electrons. The van der Waals surface area contributed by atoms with Crippen LogP contribution in [0, 0.1) is 3.57 Å². The molecule has 0 bridgehead atoms. The Morgan fingerprint density at radius 1 is 1.44 bits per heavy atom. The molecular weight excluding hydrogens is 363 g/mol. The first kappa shape index (κ1) is 12.4. The van der Waals surface area contributed by atoms with E-state index in [1.807, 2.05) is 18.2 Å². The van der Waals surface area contributed by atoms with Gasteiger partial charge in [0.2, 0.25) is 0 Å². The molecule has 1 aliphatic carbocycles. The van der Waals surface area contributed by atoms with Gasteiger partial charge in [-0.2, -0.15) is 0 Å². The molecule has 1 N–H and O–H groups in total. The largest absolute Gasteiger partial charge is 0.443 e. The van der Waals surface area contributed by atoms with E-state index in [2.05, 4.69) is 32.9 Å². The van der Waals surface area contributed by atoms with E-state index in [-0.39, 0.29) is 0 Å². The summed E-state index contributed by atoms with van der Waals surface area (Å²) < 4.78 is 6.64. The molecular formula is C13H12ClIN2O. The minimum atomic E-state index is 0.660. The van der Waals surface area contributed by atoms with Gasteiger partial charge in [0.05, 0.1) is 0 Å². The Morgan fingerprint density at radius 3 is 3.06 bits per heavy atom. The SMILES string of the molecule is Clc1ccc(I)c(-c2ocnc2CNC2CC2)c1. The highest BCUT2D eigenvalue weighted by molar-refractivity contribution is 14.1.